The third kappa shape index (κ3) is 3.71. The van der Waals surface area contributed by atoms with Gasteiger partial charge in [0.05, 0.1) is 10.6 Å². The summed E-state index contributed by atoms with van der Waals surface area (Å²) in [5.41, 5.74) is 1.96. The summed E-state index contributed by atoms with van der Waals surface area (Å²) in [5, 5.41) is 12.1. The van der Waals surface area contributed by atoms with Gasteiger partial charge >= 0.3 is 0 Å². The van der Waals surface area contributed by atoms with E-state index < -0.39 is 0 Å². The molecule has 1 amide bonds. The van der Waals surface area contributed by atoms with Crippen LogP contribution in [0.2, 0.25) is 0 Å². The number of carbonyl (C=O) groups is 1. The average molecular weight is 384 g/mol. The van der Waals surface area contributed by atoms with Crippen molar-refractivity contribution in [1.82, 2.24) is 15.2 Å². The first-order chi connectivity index (χ1) is 12.7. The molecule has 0 aliphatic heterocycles. The summed E-state index contributed by atoms with van der Waals surface area (Å²) in [7, 11) is 0. The molecule has 3 heterocycles. The van der Waals surface area contributed by atoms with E-state index in [1.54, 1.807) is 29.7 Å². The fourth-order valence-corrected chi connectivity index (χ4v) is 3.99. The Kier molecular flexibility index (Phi) is 4.59. The molecule has 5 nitrogen and oxygen atoms in total. The number of thiazole rings is 1. The molecule has 4 aromatic rings. The summed E-state index contributed by atoms with van der Waals surface area (Å²) < 4.78 is 13.3. The molecule has 0 spiro atoms. The Hall–Kier alpha value is -2.84. The number of hydrogen-bond acceptors (Lipinski definition) is 5. The molecule has 0 saturated carbocycles. The van der Waals surface area contributed by atoms with Gasteiger partial charge in [-0.05, 0) is 35.2 Å². The molecular formula is C18H13FN4OS2. The minimum absolute atomic E-state index is 0.263. The van der Waals surface area contributed by atoms with Crippen molar-refractivity contribution >= 4 is 33.7 Å². The van der Waals surface area contributed by atoms with Gasteiger partial charge in [0.15, 0.2) is 10.8 Å². The van der Waals surface area contributed by atoms with Gasteiger partial charge in [-0.15, -0.1) is 22.7 Å². The summed E-state index contributed by atoms with van der Waals surface area (Å²) in [6.45, 7) is 0. The number of H-pyrrole nitrogens is 1. The summed E-state index contributed by atoms with van der Waals surface area (Å²) in [4.78, 5) is 18.5. The third-order valence-electron chi connectivity index (χ3n) is 3.64. The van der Waals surface area contributed by atoms with Crippen LogP contribution in [-0.4, -0.2) is 21.1 Å². The minimum atomic E-state index is -0.323. The highest BCUT2D eigenvalue weighted by Crippen LogP contribution is 2.24. The van der Waals surface area contributed by atoms with Crippen molar-refractivity contribution in [3.05, 3.63) is 76.0 Å². The lowest BCUT2D eigenvalue weighted by molar-refractivity contribution is 0.102. The Balaban J connectivity index is 1.43. The molecule has 0 radical (unpaired) electrons. The molecule has 0 aliphatic rings. The maximum atomic E-state index is 13.3. The van der Waals surface area contributed by atoms with Crippen molar-refractivity contribution in [1.29, 1.82) is 0 Å². The maximum absolute atomic E-state index is 13.3. The lowest BCUT2D eigenvalue weighted by atomic mass is 10.1. The Morgan fingerprint density at radius 3 is 2.96 bits per heavy atom. The number of anilines is 1. The highest BCUT2D eigenvalue weighted by Gasteiger charge is 2.14. The maximum Gasteiger partial charge on any atom is 0.277 e. The summed E-state index contributed by atoms with van der Waals surface area (Å²) in [6.07, 6.45) is 2.25. The molecule has 0 bridgehead atoms. The molecule has 3 aromatic heterocycles. The van der Waals surface area contributed by atoms with E-state index in [2.05, 4.69) is 20.5 Å². The topological polar surface area (TPSA) is 70.7 Å². The average Bonchev–Trinajstić information content (AvgIpc) is 3.36. The summed E-state index contributed by atoms with van der Waals surface area (Å²) in [5.74, 6) is -0.587. The number of nitrogens with one attached hydrogen (secondary N) is 2. The molecule has 26 heavy (non-hydrogen) atoms. The number of thiophene rings is 1. The van der Waals surface area contributed by atoms with Gasteiger partial charge in [0, 0.05) is 17.5 Å². The number of carbonyl (C=O) groups excluding carboxylic acids is 1. The second kappa shape index (κ2) is 7.19. The zero-order valence-corrected chi connectivity index (χ0v) is 15.0. The second-order valence-electron chi connectivity index (χ2n) is 5.54. The molecule has 2 N–H and O–H groups in total. The van der Waals surface area contributed by atoms with E-state index in [4.69, 9.17) is 0 Å². The molecule has 0 fully saturated rings. The lowest BCUT2D eigenvalue weighted by Gasteiger charge is -1.98. The Bertz CT molecular complexity index is 1040. The zero-order valence-electron chi connectivity index (χ0n) is 13.4. The van der Waals surface area contributed by atoms with Crippen molar-refractivity contribution in [3.8, 4) is 10.6 Å². The number of benzene rings is 1. The first kappa shape index (κ1) is 16.6. The van der Waals surface area contributed by atoms with Crippen molar-refractivity contribution in [2.75, 3.05) is 5.32 Å². The van der Waals surface area contributed by atoms with Gasteiger partial charge in [0.25, 0.3) is 5.91 Å². The highest BCUT2D eigenvalue weighted by molar-refractivity contribution is 7.15. The van der Waals surface area contributed by atoms with Crippen LogP contribution in [0.5, 0.6) is 0 Å². The van der Waals surface area contributed by atoms with Gasteiger partial charge in [0.2, 0.25) is 0 Å². The second-order valence-corrected chi connectivity index (χ2v) is 7.60. The molecule has 8 heteroatoms. The van der Waals surface area contributed by atoms with Crippen molar-refractivity contribution < 1.29 is 9.18 Å². The number of rotatable bonds is 5. The fraction of sp³-hybridized carbons (Fsp3) is 0.0556. The predicted octanol–water partition coefficient (Wildman–Crippen LogP) is 4.58. The molecule has 0 aliphatic carbocycles. The van der Waals surface area contributed by atoms with Crippen molar-refractivity contribution in [2.24, 2.45) is 0 Å². The van der Waals surface area contributed by atoms with Crippen LogP contribution >= 0.6 is 22.7 Å². The van der Waals surface area contributed by atoms with Crippen LogP contribution in [0.4, 0.5) is 9.52 Å². The van der Waals surface area contributed by atoms with E-state index in [0.717, 1.165) is 21.0 Å². The third-order valence-corrected chi connectivity index (χ3v) is 5.45. The van der Waals surface area contributed by atoms with Gasteiger partial charge in [-0.25, -0.2) is 9.37 Å². The Morgan fingerprint density at radius 1 is 1.23 bits per heavy atom. The first-order valence-corrected chi connectivity index (χ1v) is 9.47. The molecule has 130 valence electrons. The van der Waals surface area contributed by atoms with Crippen LogP contribution in [0.15, 0.2) is 54.0 Å². The van der Waals surface area contributed by atoms with E-state index in [0.29, 0.717) is 17.2 Å². The van der Waals surface area contributed by atoms with Crippen molar-refractivity contribution in [2.45, 2.75) is 6.42 Å². The van der Waals surface area contributed by atoms with E-state index in [1.165, 1.54) is 23.5 Å². The zero-order chi connectivity index (χ0) is 17.9. The number of hydrogen-bond donors (Lipinski definition) is 2. The SMILES string of the molecule is O=C(Nc1ncc(Cc2cccc(F)c2)s1)c1cc(-c2cccs2)[nH]n1. The molecule has 0 saturated heterocycles. The monoisotopic (exact) mass is 384 g/mol. The minimum Gasteiger partial charge on any atom is -0.296 e. The molecule has 1 aromatic carbocycles. The Labute approximate surface area is 156 Å². The van der Waals surface area contributed by atoms with Crippen LogP contribution in [-0.2, 0) is 6.42 Å². The fourth-order valence-electron chi connectivity index (χ4n) is 2.45. The van der Waals surface area contributed by atoms with Gasteiger partial charge in [-0.2, -0.15) is 5.10 Å². The molecule has 0 unspecified atom stereocenters. The van der Waals surface area contributed by atoms with Gasteiger partial charge in [-0.1, -0.05) is 18.2 Å². The van der Waals surface area contributed by atoms with Crippen LogP contribution in [0, 0.1) is 5.82 Å². The van der Waals surface area contributed by atoms with E-state index in [-0.39, 0.29) is 11.7 Å². The van der Waals surface area contributed by atoms with Gasteiger partial charge in [0.1, 0.15) is 5.82 Å². The van der Waals surface area contributed by atoms with Gasteiger partial charge in [-0.3, -0.25) is 15.2 Å². The van der Waals surface area contributed by atoms with E-state index >= 15 is 0 Å². The number of aromatic nitrogens is 3. The quantitative estimate of drug-likeness (QED) is 0.529. The predicted molar refractivity (Wildman–Crippen MR) is 101 cm³/mol. The Morgan fingerprint density at radius 2 is 2.15 bits per heavy atom. The highest BCUT2D eigenvalue weighted by atomic mass is 32.1. The van der Waals surface area contributed by atoms with E-state index in [9.17, 15) is 9.18 Å². The number of halogens is 1. The first-order valence-electron chi connectivity index (χ1n) is 7.77. The smallest absolute Gasteiger partial charge is 0.277 e. The van der Waals surface area contributed by atoms with Gasteiger partial charge < -0.3 is 0 Å². The van der Waals surface area contributed by atoms with Crippen LogP contribution in [0.3, 0.4) is 0 Å². The molecule has 0 atom stereocenters. The molecular weight excluding hydrogens is 371 g/mol. The summed E-state index contributed by atoms with van der Waals surface area (Å²) in [6, 6.07) is 12.1. The van der Waals surface area contributed by atoms with E-state index in [1.807, 2.05) is 23.6 Å². The lowest BCUT2D eigenvalue weighted by Crippen LogP contribution is -2.11. The number of nitrogens with zero attached hydrogens (tertiary/aromatic N) is 2. The van der Waals surface area contributed by atoms with Crippen LogP contribution in [0.1, 0.15) is 20.9 Å². The number of aromatic amines is 1. The largest absolute Gasteiger partial charge is 0.296 e. The van der Waals surface area contributed by atoms with Crippen molar-refractivity contribution in [3.63, 3.8) is 0 Å². The molecule has 4 rings (SSSR count). The summed E-state index contributed by atoms with van der Waals surface area (Å²) >= 11 is 2.93. The van der Waals surface area contributed by atoms with Crippen LogP contribution < -0.4 is 5.32 Å². The van der Waals surface area contributed by atoms with Crippen LogP contribution in [0.25, 0.3) is 10.6 Å². The normalized spacial score (nSPS) is 10.8. The number of amides is 1. The standard InChI is InChI=1S/C18H13FN4OS2/c19-12-4-1-3-11(7-12)8-13-10-20-18(26-13)21-17(24)15-9-14(22-23-15)16-5-2-6-25-16/h1-7,9-10H,8H2,(H,22,23)(H,20,21,24).